The van der Waals surface area contributed by atoms with Crippen LogP contribution in [0, 0.1) is 5.92 Å². The predicted molar refractivity (Wildman–Crippen MR) is 94.9 cm³/mol. The van der Waals surface area contributed by atoms with Crippen molar-refractivity contribution in [2.24, 2.45) is 5.92 Å². The van der Waals surface area contributed by atoms with Crippen molar-refractivity contribution in [1.82, 2.24) is 4.90 Å². The smallest absolute Gasteiger partial charge is 0.302 e. The third kappa shape index (κ3) is 2.79. The van der Waals surface area contributed by atoms with Gasteiger partial charge >= 0.3 is 5.97 Å². The lowest BCUT2D eigenvalue weighted by atomic mass is 9.90. The van der Waals surface area contributed by atoms with Gasteiger partial charge in [0.25, 0.3) is 0 Å². The number of carbonyl (C=O) groups excluding carboxylic acids is 4. The molecule has 3 rings (SSSR count). The molecule has 2 heterocycles. The number of hydrogen-bond acceptors (Lipinski definition) is 8. The highest BCUT2D eigenvalue weighted by Crippen LogP contribution is 2.48. The van der Waals surface area contributed by atoms with Crippen LogP contribution in [-0.2, 0) is 33.8 Å². The number of Topliss-reactive ketones (excluding diaryl/α,β-unsaturated/α-hetero) is 1. The van der Waals surface area contributed by atoms with E-state index in [-0.39, 0.29) is 6.29 Å². The van der Waals surface area contributed by atoms with Crippen LogP contribution in [0.2, 0.25) is 0 Å². The van der Waals surface area contributed by atoms with Gasteiger partial charge in [0.2, 0.25) is 5.91 Å². The first-order valence-electron chi connectivity index (χ1n) is 8.51. The lowest BCUT2D eigenvalue weighted by Gasteiger charge is -2.41. The lowest BCUT2D eigenvalue weighted by molar-refractivity contribution is -0.162. The summed E-state index contributed by atoms with van der Waals surface area (Å²) in [6.45, 7) is 1.26. The number of ketones is 1. The Kier molecular flexibility index (Phi) is 5.00. The fourth-order valence-corrected chi connectivity index (χ4v) is 6.13. The zero-order valence-electron chi connectivity index (χ0n) is 15.2. The number of β-lactam (4-membered cyclic amide) rings is 1. The molecule has 4 atom stereocenters. The number of benzene rings is 1. The van der Waals surface area contributed by atoms with E-state index in [1.807, 2.05) is 0 Å². The summed E-state index contributed by atoms with van der Waals surface area (Å²) in [5.74, 6) is -2.91. The maximum atomic E-state index is 13.1. The molecule has 2 fully saturated rings. The number of esters is 1. The summed E-state index contributed by atoms with van der Waals surface area (Å²) in [7, 11) is -4.27. The van der Waals surface area contributed by atoms with Gasteiger partial charge in [-0.1, -0.05) is 18.2 Å². The minimum atomic E-state index is -4.27. The van der Waals surface area contributed by atoms with Crippen molar-refractivity contribution in [2.75, 3.05) is 13.2 Å². The average molecular weight is 409 g/mol. The Morgan fingerprint density at radius 1 is 1.25 bits per heavy atom. The van der Waals surface area contributed by atoms with Crippen molar-refractivity contribution in [1.29, 1.82) is 0 Å². The second kappa shape index (κ2) is 7.01. The maximum absolute atomic E-state index is 13.1. The van der Waals surface area contributed by atoms with E-state index in [0.29, 0.717) is 5.75 Å². The minimum Gasteiger partial charge on any atom is -0.486 e. The van der Waals surface area contributed by atoms with Gasteiger partial charge in [0.05, 0.1) is 0 Å². The number of carbonyl (C=O) groups is 4. The Labute approximate surface area is 161 Å². The van der Waals surface area contributed by atoms with E-state index in [4.69, 9.17) is 9.47 Å². The second-order valence-corrected chi connectivity index (χ2v) is 9.22. The van der Waals surface area contributed by atoms with E-state index in [1.54, 1.807) is 30.3 Å². The zero-order chi connectivity index (χ0) is 20.7. The second-order valence-electron chi connectivity index (χ2n) is 6.80. The molecule has 150 valence electrons. The first-order chi connectivity index (χ1) is 13.2. The van der Waals surface area contributed by atoms with Crippen LogP contribution in [0.4, 0.5) is 0 Å². The van der Waals surface area contributed by atoms with Crippen LogP contribution in [0.25, 0.3) is 0 Å². The quantitative estimate of drug-likeness (QED) is 0.343. The van der Waals surface area contributed by atoms with E-state index < -0.39 is 62.8 Å². The van der Waals surface area contributed by atoms with Gasteiger partial charge in [0, 0.05) is 6.92 Å². The van der Waals surface area contributed by atoms with Gasteiger partial charge in [0.15, 0.2) is 25.7 Å². The molecule has 0 aliphatic carbocycles. The minimum absolute atomic E-state index is 0.290. The largest absolute Gasteiger partial charge is 0.486 e. The van der Waals surface area contributed by atoms with E-state index in [0.717, 1.165) is 18.7 Å². The van der Waals surface area contributed by atoms with Crippen LogP contribution in [0.3, 0.4) is 0 Å². The third-order valence-electron chi connectivity index (χ3n) is 5.22. The molecule has 28 heavy (non-hydrogen) atoms. The molecule has 9 nitrogen and oxygen atoms in total. The van der Waals surface area contributed by atoms with Gasteiger partial charge in [-0.25, -0.2) is 8.42 Å². The molecule has 1 aromatic rings. The van der Waals surface area contributed by atoms with Gasteiger partial charge < -0.3 is 19.2 Å². The summed E-state index contributed by atoms with van der Waals surface area (Å²) < 4.78 is 34.2. The normalized spacial score (nSPS) is 30.1. The number of amides is 1. The lowest BCUT2D eigenvalue weighted by Crippen LogP contribution is -2.63. The van der Waals surface area contributed by atoms with Crippen molar-refractivity contribution in [2.45, 2.75) is 30.0 Å². The standard InChI is InChI=1S/C18H19NO8S/c1-11(21)26-9-13-16(23)19-14(8-20)18(2,28(24,25)17(13)19)15(22)10-27-12-6-4-3-5-7-12/h3-8,13-14,17H,9-10H2,1-2H3/t13?,14?,17-,18+/m0/s1. The fraction of sp³-hybridized carbons (Fsp3) is 0.444. The van der Waals surface area contributed by atoms with E-state index in [1.165, 1.54) is 0 Å². The highest BCUT2D eigenvalue weighted by atomic mass is 32.2. The molecule has 0 radical (unpaired) electrons. The molecule has 10 heteroatoms. The van der Waals surface area contributed by atoms with Gasteiger partial charge in [-0.3, -0.25) is 14.4 Å². The molecule has 1 amide bonds. The predicted octanol–water partition coefficient (Wildman–Crippen LogP) is -0.263. The SMILES string of the molecule is CC(=O)OCC1C(=O)N2C(C=O)[C@](C)(C(=O)COc3ccccc3)S(=O)(=O)[C@@H]12. The van der Waals surface area contributed by atoms with Crippen LogP contribution in [-0.4, -0.2) is 66.6 Å². The Bertz CT molecular complexity index is 928. The molecule has 0 N–H and O–H groups in total. The molecule has 1 aromatic carbocycles. The van der Waals surface area contributed by atoms with Crippen molar-refractivity contribution in [3.8, 4) is 5.75 Å². The van der Waals surface area contributed by atoms with E-state index in [9.17, 15) is 27.6 Å². The van der Waals surface area contributed by atoms with Crippen LogP contribution < -0.4 is 4.74 Å². The number of fused-ring (bicyclic) bond motifs is 1. The molecule has 2 aliphatic rings. The van der Waals surface area contributed by atoms with Gasteiger partial charge in [0.1, 0.15) is 37.2 Å². The third-order valence-corrected chi connectivity index (χ3v) is 8.07. The number of aldehydes is 1. The molecular formula is C18H19NO8S. The number of ether oxygens (including phenoxy) is 2. The van der Waals surface area contributed by atoms with Gasteiger partial charge in [-0.05, 0) is 19.1 Å². The van der Waals surface area contributed by atoms with E-state index in [2.05, 4.69) is 0 Å². The van der Waals surface area contributed by atoms with Crippen molar-refractivity contribution in [3.05, 3.63) is 30.3 Å². The highest BCUT2D eigenvalue weighted by Gasteiger charge is 2.74. The molecular weight excluding hydrogens is 390 g/mol. The topological polar surface area (TPSA) is 124 Å². The summed E-state index contributed by atoms with van der Waals surface area (Å²) in [5, 5.41) is -1.39. The molecule has 0 aromatic heterocycles. The van der Waals surface area contributed by atoms with Crippen LogP contribution in [0.5, 0.6) is 5.75 Å². The Balaban J connectivity index is 1.87. The number of sulfone groups is 1. The zero-order valence-corrected chi connectivity index (χ0v) is 16.0. The fourth-order valence-electron chi connectivity index (χ4n) is 3.58. The summed E-state index contributed by atoms with van der Waals surface area (Å²) >= 11 is 0. The molecule has 0 bridgehead atoms. The molecule has 0 saturated carbocycles. The summed E-state index contributed by atoms with van der Waals surface area (Å²) in [6, 6.07) is 6.86. The Morgan fingerprint density at radius 2 is 1.89 bits per heavy atom. The van der Waals surface area contributed by atoms with Crippen molar-refractivity contribution < 1.29 is 37.1 Å². The summed E-state index contributed by atoms with van der Waals surface area (Å²) in [5.41, 5.74) is 0. The first-order valence-corrected chi connectivity index (χ1v) is 10.1. The van der Waals surface area contributed by atoms with Crippen LogP contribution in [0.1, 0.15) is 13.8 Å². The highest BCUT2D eigenvalue weighted by molar-refractivity contribution is 7.94. The summed E-state index contributed by atoms with van der Waals surface area (Å²) in [6.07, 6.45) is 0.290. The summed E-state index contributed by atoms with van der Waals surface area (Å²) in [4.78, 5) is 48.8. The molecule has 2 saturated heterocycles. The number of hydrogen-bond donors (Lipinski definition) is 0. The first kappa shape index (κ1) is 20.0. The van der Waals surface area contributed by atoms with Gasteiger partial charge in [-0.2, -0.15) is 0 Å². The number of para-hydroxylation sites is 1. The monoisotopic (exact) mass is 409 g/mol. The van der Waals surface area contributed by atoms with Gasteiger partial charge in [-0.15, -0.1) is 0 Å². The maximum Gasteiger partial charge on any atom is 0.302 e. The van der Waals surface area contributed by atoms with E-state index >= 15 is 0 Å². The number of nitrogens with zero attached hydrogens (tertiary/aromatic N) is 1. The number of rotatable bonds is 7. The van der Waals surface area contributed by atoms with Crippen LogP contribution in [0.15, 0.2) is 30.3 Å². The molecule has 0 spiro atoms. The Morgan fingerprint density at radius 3 is 2.46 bits per heavy atom. The molecule has 2 unspecified atom stereocenters. The van der Waals surface area contributed by atoms with Crippen molar-refractivity contribution in [3.63, 3.8) is 0 Å². The molecule has 2 aliphatic heterocycles. The van der Waals surface area contributed by atoms with Crippen molar-refractivity contribution >= 4 is 33.8 Å². The van der Waals surface area contributed by atoms with Crippen LogP contribution >= 0.6 is 0 Å². The Hall–Kier alpha value is -2.75. The average Bonchev–Trinajstić information content (AvgIpc) is 2.82.